The van der Waals surface area contributed by atoms with Gasteiger partial charge in [-0.2, -0.15) is 0 Å². The Morgan fingerprint density at radius 1 is 1.06 bits per heavy atom. The molecule has 100 valence electrons. The van der Waals surface area contributed by atoms with Crippen LogP contribution in [0.5, 0.6) is 0 Å². The van der Waals surface area contributed by atoms with Crippen LogP contribution in [0, 0.1) is 17.8 Å². The molecule has 4 rings (SSSR count). The predicted molar refractivity (Wildman–Crippen MR) is 70.1 cm³/mol. The van der Waals surface area contributed by atoms with Crippen molar-refractivity contribution in [2.75, 3.05) is 7.05 Å². The van der Waals surface area contributed by atoms with Gasteiger partial charge in [0.15, 0.2) is 0 Å². The summed E-state index contributed by atoms with van der Waals surface area (Å²) >= 11 is 0. The molecule has 4 fully saturated rings. The van der Waals surface area contributed by atoms with Gasteiger partial charge in [0.25, 0.3) is 0 Å². The minimum absolute atomic E-state index is 0.398. The van der Waals surface area contributed by atoms with Gasteiger partial charge in [0, 0.05) is 31.1 Å². The third kappa shape index (κ3) is 1.87. The first kappa shape index (κ1) is 11.3. The van der Waals surface area contributed by atoms with Gasteiger partial charge in [-0.05, 0) is 56.8 Å². The number of carbonyl (C=O) groups is 1. The molecule has 2 aliphatic carbocycles. The van der Waals surface area contributed by atoms with Crippen molar-refractivity contribution in [2.24, 2.45) is 17.8 Å². The van der Waals surface area contributed by atoms with E-state index in [9.17, 15) is 4.79 Å². The van der Waals surface area contributed by atoms with Gasteiger partial charge in [0.2, 0.25) is 5.91 Å². The van der Waals surface area contributed by atoms with E-state index in [2.05, 4.69) is 17.3 Å². The number of hydrogen-bond acceptors (Lipinski definition) is 2. The molecule has 1 unspecified atom stereocenters. The Bertz CT molecular complexity index is 354. The molecule has 18 heavy (non-hydrogen) atoms. The van der Waals surface area contributed by atoms with E-state index in [0.29, 0.717) is 30.0 Å². The van der Waals surface area contributed by atoms with Crippen molar-refractivity contribution in [3.63, 3.8) is 0 Å². The first-order valence-corrected chi connectivity index (χ1v) is 7.75. The van der Waals surface area contributed by atoms with Crippen LogP contribution in [0.1, 0.15) is 44.9 Å². The highest BCUT2D eigenvalue weighted by atomic mass is 16.2. The minimum atomic E-state index is 0.398. The topological polar surface area (TPSA) is 32.3 Å². The summed E-state index contributed by atoms with van der Waals surface area (Å²) in [6, 6.07) is 1.88. The quantitative estimate of drug-likeness (QED) is 0.825. The van der Waals surface area contributed by atoms with Gasteiger partial charge in [-0.1, -0.05) is 0 Å². The van der Waals surface area contributed by atoms with Crippen molar-refractivity contribution in [2.45, 2.75) is 63.1 Å². The molecule has 0 spiro atoms. The Labute approximate surface area is 109 Å². The highest BCUT2D eigenvalue weighted by molar-refractivity contribution is 5.82. The van der Waals surface area contributed by atoms with E-state index < -0.39 is 0 Å². The maximum Gasteiger partial charge on any atom is 0.225 e. The van der Waals surface area contributed by atoms with Gasteiger partial charge in [0.05, 0.1) is 0 Å². The molecule has 3 heteroatoms. The Kier molecular flexibility index (Phi) is 2.48. The summed E-state index contributed by atoms with van der Waals surface area (Å²) in [6.07, 6.45) is 8.95. The number of nitrogens with one attached hydrogen (secondary N) is 1. The number of amides is 1. The standard InChI is InChI=1S/C15H24N2O/c1-17(12-6-10-4-5-11(7-12)16-10)15(18)14-8-13(14)9-2-3-9/h9-14,16H,2-8H2,1H3/t10-,11+,12?,13-,14+/m1/s1. The number of hydrogen-bond donors (Lipinski definition) is 1. The summed E-state index contributed by atoms with van der Waals surface area (Å²) in [6.45, 7) is 0. The SMILES string of the molecule is CN(C(=O)[C@H]1C[C@@H]1C1CC1)C1C[C@H]2CC[C@@H](C1)N2. The molecule has 2 aliphatic heterocycles. The fourth-order valence-corrected chi connectivity index (χ4v) is 4.33. The molecule has 5 atom stereocenters. The summed E-state index contributed by atoms with van der Waals surface area (Å²) in [5.41, 5.74) is 0. The average molecular weight is 248 g/mol. The fourth-order valence-electron chi connectivity index (χ4n) is 4.33. The van der Waals surface area contributed by atoms with Crippen LogP contribution in [0.25, 0.3) is 0 Å². The number of fused-ring (bicyclic) bond motifs is 2. The maximum absolute atomic E-state index is 12.5. The van der Waals surface area contributed by atoms with E-state index in [1.165, 1.54) is 44.9 Å². The largest absolute Gasteiger partial charge is 0.342 e. The van der Waals surface area contributed by atoms with E-state index in [1.807, 2.05) is 0 Å². The lowest BCUT2D eigenvalue weighted by Crippen LogP contribution is -2.49. The maximum atomic E-state index is 12.5. The molecule has 2 heterocycles. The molecular weight excluding hydrogens is 224 g/mol. The van der Waals surface area contributed by atoms with Crippen LogP contribution >= 0.6 is 0 Å². The molecule has 2 saturated heterocycles. The third-order valence-corrected chi connectivity index (χ3v) is 5.73. The van der Waals surface area contributed by atoms with Gasteiger partial charge in [-0.25, -0.2) is 0 Å². The first-order chi connectivity index (χ1) is 8.72. The van der Waals surface area contributed by atoms with Gasteiger partial charge in [-0.3, -0.25) is 4.79 Å². The molecule has 0 aromatic carbocycles. The number of nitrogens with zero attached hydrogens (tertiary/aromatic N) is 1. The molecule has 1 amide bonds. The monoisotopic (exact) mass is 248 g/mol. The third-order valence-electron chi connectivity index (χ3n) is 5.73. The van der Waals surface area contributed by atoms with E-state index in [-0.39, 0.29) is 0 Å². The molecule has 2 bridgehead atoms. The molecule has 3 nitrogen and oxygen atoms in total. The van der Waals surface area contributed by atoms with Gasteiger partial charge in [-0.15, -0.1) is 0 Å². The second-order valence-electron chi connectivity index (χ2n) is 7.06. The molecule has 2 saturated carbocycles. The second kappa shape index (κ2) is 3.96. The zero-order chi connectivity index (χ0) is 12.3. The van der Waals surface area contributed by atoms with Crippen LogP contribution < -0.4 is 5.32 Å². The zero-order valence-electron chi connectivity index (χ0n) is 11.3. The Morgan fingerprint density at radius 3 is 2.33 bits per heavy atom. The molecule has 0 radical (unpaired) electrons. The molecule has 4 aliphatic rings. The van der Waals surface area contributed by atoms with Crippen molar-refractivity contribution >= 4 is 5.91 Å². The van der Waals surface area contributed by atoms with E-state index in [1.54, 1.807) is 0 Å². The van der Waals surface area contributed by atoms with Crippen LogP contribution in [-0.4, -0.2) is 36.0 Å². The van der Waals surface area contributed by atoms with Crippen LogP contribution in [0.2, 0.25) is 0 Å². The fraction of sp³-hybridized carbons (Fsp3) is 0.933. The van der Waals surface area contributed by atoms with Gasteiger partial charge in [0.1, 0.15) is 0 Å². The summed E-state index contributed by atoms with van der Waals surface area (Å²) in [5.74, 6) is 2.53. The summed E-state index contributed by atoms with van der Waals surface area (Å²) in [4.78, 5) is 14.6. The minimum Gasteiger partial charge on any atom is -0.342 e. The zero-order valence-corrected chi connectivity index (χ0v) is 11.3. The summed E-state index contributed by atoms with van der Waals surface area (Å²) in [7, 11) is 2.06. The lowest BCUT2D eigenvalue weighted by atomic mass is 9.98. The Hall–Kier alpha value is -0.570. The van der Waals surface area contributed by atoms with Crippen LogP contribution in [0.3, 0.4) is 0 Å². The van der Waals surface area contributed by atoms with Crippen molar-refractivity contribution in [3.8, 4) is 0 Å². The highest BCUT2D eigenvalue weighted by Gasteiger charge is 2.52. The Balaban J connectivity index is 1.37. The second-order valence-corrected chi connectivity index (χ2v) is 7.06. The van der Waals surface area contributed by atoms with E-state index >= 15 is 0 Å². The lowest BCUT2D eigenvalue weighted by molar-refractivity contribution is -0.134. The predicted octanol–water partition coefficient (Wildman–Crippen LogP) is 1.77. The van der Waals surface area contributed by atoms with Crippen LogP contribution in [0.4, 0.5) is 0 Å². The lowest BCUT2D eigenvalue weighted by Gasteiger charge is -2.35. The van der Waals surface area contributed by atoms with Crippen molar-refractivity contribution in [1.29, 1.82) is 0 Å². The van der Waals surface area contributed by atoms with E-state index in [0.717, 1.165) is 11.8 Å². The van der Waals surface area contributed by atoms with Gasteiger partial charge >= 0.3 is 0 Å². The van der Waals surface area contributed by atoms with E-state index in [4.69, 9.17) is 0 Å². The van der Waals surface area contributed by atoms with Crippen LogP contribution in [0.15, 0.2) is 0 Å². The van der Waals surface area contributed by atoms with Crippen molar-refractivity contribution < 1.29 is 4.79 Å². The Morgan fingerprint density at radius 2 is 1.72 bits per heavy atom. The normalized spacial score (nSPS) is 45.9. The van der Waals surface area contributed by atoms with Crippen LogP contribution in [-0.2, 0) is 4.79 Å². The molecular formula is C15H24N2O. The highest BCUT2D eigenvalue weighted by Crippen LogP contribution is 2.55. The molecule has 0 aromatic heterocycles. The van der Waals surface area contributed by atoms with Crippen molar-refractivity contribution in [1.82, 2.24) is 10.2 Å². The van der Waals surface area contributed by atoms with Crippen molar-refractivity contribution in [3.05, 3.63) is 0 Å². The van der Waals surface area contributed by atoms with Gasteiger partial charge < -0.3 is 10.2 Å². The first-order valence-electron chi connectivity index (χ1n) is 7.75. The summed E-state index contributed by atoms with van der Waals surface area (Å²) in [5, 5.41) is 3.66. The number of rotatable bonds is 3. The number of piperidine rings is 1. The molecule has 1 N–H and O–H groups in total. The smallest absolute Gasteiger partial charge is 0.225 e. The molecule has 0 aromatic rings. The number of carbonyl (C=O) groups excluding carboxylic acids is 1. The summed E-state index contributed by atoms with van der Waals surface area (Å²) < 4.78 is 0. The average Bonchev–Trinajstić information content (AvgIpc) is 3.25.